The number of carbonyl (C=O) groups is 3. The molecule has 30 heavy (non-hydrogen) atoms. The number of anilines is 1. The number of nitrogens with zero attached hydrogens (tertiary/aromatic N) is 1. The Hall–Kier alpha value is -2.57. The van der Waals surface area contributed by atoms with Crippen molar-refractivity contribution in [1.29, 1.82) is 0 Å². The van der Waals surface area contributed by atoms with Gasteiger partial charge in [0.05, 0.1) is 20.2 Å². The fourth-order valence-corrected chi connectivity index (χ4v) is 3.17. The molecule has 0 saturated carbocycles. The number of benzene rings is 1. The van der Waals surface area contributed by atoms with E-state index in [2.05, 4.69) is 17.6 Å². The molecule has 0 saturated heterocycles. The smallest absolute Gasteiger partial charge is 0.243 e. The lowest BCUT2D eigenvalue weighted by Gasteiger charge is -2.28. The van der Waals surface area contributed by atoms with Crippen LogP contribution in [0, 0.1) is 11.8 Å². The fourth-order valence-electron chi connectivity index (χ4n) is 3.17. The van der Waals surface area contributed by atoms with Crippen LogP contribution in [0.5, 0.6) is 5.75 Å². The Bertz CT molecular complexity index is 674. The van der Waals surface area contributed by atoms with Crippen LogP contribution in [0.2, 0.25) is 0 Å². The molecule has 2 N–H and O–H groups in total. The van der Waals surface area contributed by atoms with Gasteiger partial charge in [-0.1, -0.05) is 40.5 Å². The molecular formula is C23H37N3O4. The topological polar surface area (TPSA) is 87.7 Å². The molecular weight excluding hydrogens is 382 g/mol. The van der Waals surface area contributed by atoms with Crippen LogP contribution in [0.25, 0.3) is 0 Å². The van der Waals surface area contributed by atoms with Crippen molar-refractivity contribution in [1.82, 2.24) is 10.2 Å². The van der Waals surface area contributed by atoms with E-state index in [4.69, 9.17) is 4.74 Å². The van der Waals surface area contributed by atoms with Crippen molar-refractivity contribution in [3.8, 4) is 5.75 Å². The first-order valence-electron chi connectivity index (χ1n) is 10.8. The number of rotatable bonds is 13. The minimum Gasteiger partial charge on any atom is -0.497 e. The number of hydrogen-bond acceptors (Lipinski definition) is 4. The summed E-state index contributed by atoms with van der Waals surface area (Å²) in [4.78, 5) is 39.1. The quantitative estimate of drug-likeness (QED) is 0.513. The SMILES string of the molecule is CCCC[C@H](CC)C(=O)N(CC(=O)NCC(=O)Nc1ccc(OC)cc1)CC(C)C. The van der Waals surface area contributed by atoms with Crippen molar-refractivity contribution < 1.29 is 19.1 Å². The Morgan fingerprint density at radius 1 is 1.07 bits per heavy atom. The van der Waals surface area contributed by atoms with E-state index >= 15 is 0 Å². The lowest BCUT2D eigenvalue weighted by molar-refractivity contribution is -0.140. The van der Waals surface area contributed by atoms with Gasteiger partial charge in [-0.05, 0) is 43.0 Å². The van der Waals surface area contributed by atoms with Gasteiger partial charge in [0.25, 0.3) is 0 Å². The van der Waals surface area contributed by atoms with Gasteiger partial charge in [-0.25, -0.2) is 0 Å². The van der Waals surface area contributed by atoms with Crippen LogP contribution in [-0.4, -0.2) is 49.4 Å². The molecule has 0 aliphatic carbocycles. The first-order chi connectivity index (χ1) is 14.3. The summed E-state index contributed by atoms with van der Waals surface area (Å²) < 4.78 is 5.08. The number of hydrogen-bond donors (Lipinski definition) is 2. The molecule has 0 aromatic heterocycles. The highest BCUT2D eigenvalue weighted by atomic mass is 16.5. The molecule has 1 rings (SSSR count). The zero-order valence-corrected chi connectivity index (χ0v) is 19.0. The highest BCUT2D eigenvalue weighted by Gasteiger charge is 2.25. The molecule has 0 fully saturated rings. The van der Waals surface area contributed by atoms with Crippen LogP contribution in [0.15, 0.2) is 24.3 Å². The predicted molar refractivity (Wildman–Crippen MR) is 119 cm³/mol. The summed E-state index contributed by atoms with van der Waals surface area (Å²) in [5.74, 6) is 0.251. The van der Waals surface area contributed by atoms with Crippen molar-refractivity contribution in [3.63, 3.8) is 0 Å². The van der Waals surface area contributed by atoms with E-state index in [1.165, 1.54) is 0 Å². The zero-order valence-electron chi connectivity index (χ0n) is 19.0. The molecule has 0 heterocycles. The molecule has 168 valence electrons. The predicted octanol–water partition coefficient (Wildman–Crippen LogP) is 3.45. The van der Waals surface area contributed by atoms with Crippen LogP contribution in [0.3, 0.4) is 0 Å². The summed E-state index contributed by atoms with van der Waals surface area (Å²) >= 11 is 0. The minimum absolute atomic E-state index is 0.0254. The fraction of sp³-hybridized carbons (Fsp3) is 0.609. The minimum atomic E-state index is -0.334. The van der Waals surface area contributed by atoms with Crippen molar-refractivity contribution in [2.24, 2.45) is 11.8 Å². The molecule has 0 bridgehead atoms. The molecule has 0 unspecified atom stereocenters. The van der Waals surface area contributed by atoms with Crippen LogP contribution in [0.4, 0.5) is 5.69 Å². The Labute approximate surface area is 180 Å². The van der Waals surface area contributed by atoms with E-state index in [-0.39, 0.29) is 42.6 Å². The number of nitrogens with one attached hydrogen (secondary N) is 2. The second-order valence-electron chi connectivity index (χ2n) is 7.91. The third kappa shape index (κ3) is 9.29. The summed E-state index contributed by atoms with van der Waals surface area (Å²) in [5.41, 5.74) is 0.619. The molecule has 3 amide bonds. The van der Waals surface area contributed by atoms with Crippen molar-refractivity contribution in [2.45, 2.75) is 53.4 Å². The number of amides is 3. The standard InChI is InChI=1S/C23H37N3O4/c1-6-8-9-18(7-2)23(29)26(15-17(3)4)16-22(28)24-14-21(27)25-19-10-12-20(30-5)13-11-19/h10-13,17-18H,6-9,14-16H2,1-5H3,(H,24,28)(H,25,27)/t18-/m0/s1. The normalized spacial score (nSPS) is 11.7. The Morgan fingerprint density at radius 3 is 2.27 bits per heavy atom. The van der Waals surface area contributed by atoms with E-state index in [1.807, 2.05) is 20.8 Å². The van der Waals surface area contributed by atoms with Crippen molar-refractivity contribution in [2.75, 3.05) is 32.1 Å². The van der Waals surface area contributed by atoms with Gasteiger partial charge < -0.3 is 20.3 Å². The van der Waals surface area contributed by atoms with Gasteiger partial charge in [-0.2, -0.15) is 0 Å². The molecule has 0 radical (unpaired) electrons. The van der Waals surface area contributed by atoms with E-state index in [9.17, 15) is 14.4 Å². The highest BCUT2D eigenvalue weighted by Crippen LogP contribution is 2.17. The average molecular weight is 420 g/mol. The second-order valence-corrected chi connectivity index (χ2v) is 7.91. The molecule has 0 aliphatic heterocycles. The summed E-state index contributed by atoms with van der Waals surface area (Å²) in [6.45, 7) is 8.49. The molecule has 0 spiro atoms. The van der Waals surface area contributed by atoms with Crippen LogP contribution in [-0.2, 0) is 14.4 Å². The number of unbranched alkanes of at least 4 members (excludes halogenated alkanes) is 1. The molecule has 7 nitrogen and oxygen atoms in total. The van der Waals surface area contributed by atoms with Crippen molar-refractivity contribution in [3.05, 3.63) is 24.3 Å². The Morgan fingerprint density at radius 2 is 1.73 bits per heavy atom. The Kier molecular flexibility index (Phi) is 11.6. The van der Waals surface area contributed by atoms with E-state index in [0.29, 0.717) is 18.0 Å². The van der Waals surface area contributed by atoms with Gasteiger partial charge in [0.2, 0.25) is 17.7 Å². The van der Waals surface area contributed by atoms with Gasteiger partial charge in [0.1, 0.15) is 5.75 Å². The first-order valence-corrected chi connectivity index (χ1v) is 10.8. The summed E-state index contributed by atoms with van der Waals surface area (Å²) in [5, 5.41) is 5.33. The van der Waals surface area contributed by atoms with Crippen molar-refractivity contribution >= 4 is 23.4 Å². The van der Waals surface area contributed by atoms with Gasteiger partial charge in [0.15, 0.2) is 0 Å². The monoisotopic (exact) mass is 419 g/mol. The van der Waals surface area contributed by atoms with E-state index in [0.717, 1.165) is 25.7 Å². The maximum Gasteiger partial charge on any atom is 0.243 e. The molecule has 1 aromatic rings. The van der Waals surface area contributed by atoms with Crippen LogP contribution >= 0.6 is 0 Å². The lowest BCUT2D eigenvalue weighted by atomic mass is 9.97. The van der Waals surface area contributed by atoms with Crippen LogP contribution in [0.1, 0.15) is 53.4 Å². The maximum absolute atomic E-state index is 12.9. The van der Waals surface area contributed by atoms with E-state index in [1.54, 1.807) is 36.3 Å². The number of carbonyl (C=O) groups excluding carboxylic acids is 3. The summed E-state index contributed by atoms with van der Waals surface area (Å²) in [7, 11) is 1.57. The summed E-state index contributed by atoms with van der Waals surface area (Å²) in [6.07, 6.45) is 3.64. The lowest BCUT2D eigenvalue weighted by Crippen LogP contribution is -2.46. The molecule has 1 atom stereocenters. The molecule has 1 aromatic carbocycles. The van der Waals surface area contributed by atoms with Crippen LogP contribution < -0.4 is 15.4 Å². The van der Waals surface area contributed by atoms with Gasteiger partial charge in [-0.15, -0.1) is 0 Å². The number of ether oxygens (including phenoxy) is 1. The average Bonchev–Trinajstić information content (AvgIpc) is 2.72. The van der Waals surface area contributed by atoms with Gasteiger partial charge >= 0.3 is 0 Å². The third-order valence-electron chi connectivity index (χ3n) is 4.80. The molecule has 7 heteroatoms. The number of methoxy groups -OCH3 is 1. The largest absolute Gasteiger partial charge is 0.497 e. The third-order valence-corrected chi connectivity index (χ3v) is 4.80. The van der Waals surface area contributed by atoms with Gasteiger partial charge in [0, 0.05) is 18.2 Å². The van der Waals surface area contributed by atoms with E-state index < -0.39 is 0 Å². The van der Waals surface area contributed by atoms with Gasteiger partial charge in [-0.3, -0.25) is 14.4 Å². The highest BCUT2D eigenvalue weighted by molar-refractivity contribution is 5.95. The maximum atomic E-state index is 12.9. The second kappa shape index (κ2) is 13.6. The summed E-state index contributed by atoms with van der Waals surface area (Å²) in [6, 6.07) is 6.93. The zero-order chi connectivity index (χ0) is 22.5. The molecule has 0 aliphatic rings. The first kappa shape index (κ1) is 25.5. The Balaban J connectivity index is 2.59.